The van der Waals surface area contributed by atoms with Crippen LogP contribution in [0.15, 0.2) is 35.7 Å². The number of carbonyl (C=O) groups excluding carboxylic acids is 1. The van der Waals surface area contributed by atoms with E-state index in [9.17, 15) is 19.6 Å². The summed E-state index contributed by atoms with van der Waals surface area (Å²) < 4.78 is 0.853. The zero-order valence-electron chi connectivity index (χ0n) is 13.6. The summed E-state index contributed by atoms with van der Waals surface area (Å²) in [6.45, 7) is 0. The van der Waals surface area contributed by atoms with Crippen LogP contribution >= 0.6 is 34.5 Å². The van der Waals surface area contributed by atoms with Crippen molar-refractivity contribution in [3.05, 3.63) is 51.2 Å². The van der Waals surface area contributed by atoms with Crippen LogP contribution in [-0.4, -0.2) is 39.1 Å². The largest absolute Gasteiger partial charge is 0.478 e. The smallest absolute Gasteiger partial charge is 0.337 e. The van der Waals surface area contributed by atoms with E-state index in [2.05, 4.69) is 21.0 Å². The molecule has 140 valence electrons. The minimum Gasteiger partial charge on any atom is -0.478 e. The van der Waals surface area contributed by atoms with Crippen LogP contribution in [0.5, 0.6) is 0 Å². The molecule has 0 spiro atoms. The first kappa shape index (κ1) is 20.5. The number of carbonyl (C=O) groups is 2. The SMILES string of the molecule is CN(N=O)C(N)=O.O=C(O)c1cccc2sc(-c3nc(Cl)ncc3Cl)cc12. The number of benzene rings is 1. The van der Waals surface area contributed by atoms with Gasteiger partial charge >= 0.3 is 12.0 Å². The molecule has 0 aliphatic carbocycles. The van der Waals surface area contributed by atoms with Crippen LogP contribution in [0.3, 0.4) is 0 Å². The lowest BCUT2D eigenvalue weighted by Gasteiger charge is -1.99. The summed E-state index contributed by atoms with van der Waals surface area (Å²) >= 11 is 13.3. The number of nitrogens with zero attached hydrogens (tertiary/aromatic N) is 4. The summed E-state index contributed by atoms with van der Waals surface area (Å²) in [6.07, 6.45) is 1.43. The molecular weight excluding hydrogens is 417 g/mol. The van der Waals surface area contributed by atoms with Gasteiger partial charge in [-0.2, -0.15) is 5.01 Å². The molecule has 2 heterocycles. The Bertz CT molecular complexity index is 1030. The monoisotopic (exact) mass is 427 g/mol. The van der Waals surface area contributed by atoms with Gasteiger partial charge in [-0.05, 0) is 29.8 Å². The van der Waals surface area contributed by atoms with Crippen molar-refractivity contribution in [3.63, 3.8) is 0 Å². The number of carboxylic acid groups (broad SMARTS) is 1. The van der Waals surface area contributed by atoms with Crippen molar-refractivity contribution in [2.45, 2.75) is 0 Å². The Kier molecular flexibility index (Phi) is 6.61. The molecule has 12 heteroatoms. The van der Waals surface area contributed by atoms with E-state index in [4.69, 9.17) is 23.2 Å². The fraction of sp³-hybridized carbons (Fsp3) is 0.0667. The third-order valence-electron chi connectivity index (χ3n) is 3.18. The van der Waals surface area contributed by atoms with E-state index in [1.54, 1.807) is 18.2 Å². The van der Waals surface area contributed by atoms with Crippen LogP contribution in [0, 0.1) is 4.91 Å². The molecule has 0 bridgehead atoms. The molecule has 0 saturated heterocycles. The summed E-state index contributed by atoms with van der Waals surface area (Å²) in [5, 5.41) is 13.0. The molecule has 3 rings (SSSR count). The number of aromatic nitrogens is 2. The fourth-order valence-electron chi connectivity index (χ4n) is 1.92. The molecule has 0 saturated carbocycles. The molecule has 0 unspecified atom stereocenters. The number of aromatic carboxylic acids is 1. The van der Waals surface area contributed by atoms with Crippen LogP contribution in [-0.2, 0) is 0 Å². The molecule has 0 aliphatic heterocycles. The lowest BCUT2D eigenvalue weighted by atomic mass is 10.1. The summed E-state index contributed by atoms with van der Waals surface area (Å²) in [5.41, 5.74) is 5.29. The van der Waals surface area contributed by atoms with E-state index in [0.717, 1.165) is 9.58 Å². The number of amides is 2. The topological polar surface area (TPSA) is 139 Å². The molecule has 1 aromatic carbocycles. The molecule has 0 aliphatic rings. The molecule has 0 fully saturated rings. The highest BCUT2D eigenvalue weighted by Gasteiger charge is 2.15. The summed E-state index contributed by atoms with van der Waals surface area (Å²) in [6, 6.07) is 6.03. The van der Waals surface area contributed by atoms with E-state index >= 15 is 0 Å². The highest BCUT2D eigenvalue weighted by molar-refractivity contribution is 7.22. The molecule has 3 aromatic rings. The third kappa shape index (κ3) is 4.88. The number of thiophene rings is 1. The number of rotatable bonds is 3. The minimum atomic E-state index is -0.966. The number of halogens is 2. The van der Waals surface area contributed by atoms with Gasteiger partial charge in [0.2, 0.25) is 5.28 Å². The first-order valence-electron chi connectivity index (χ1n) is 7.05. The molecule has 27 heavy (non-hydrogen) atoms. The molecule has 3 N–H and O–H groups in total. The lowest BCUT2D eigenvalue weighted by Crippen LogP contribution is -2.26. The van der Waals surface area contributed by atoms with Gasteiger partial charge in [0, 0.05) is 17.1 Å². The standard InChI is InChI=1S/C13H6Cl2N2O2S.C2H5N3O2/c14-8-5-16-13(15)17-11(8)10-4-7-6(12(18)19)2-1-3-9(7)20-10;1-5(4-7)2(3)6/h1-5H,(H,18,19);1H3,(H2,3,6). The number of nitrogens with two attached hydrogens (primary N) is 1. The minimum absolute atomic E-state index is 0.0975. The van der Waals surface area contributed by atoms with Crippen molar-refractivity contribution in [3.8, 4) is 10.6 Å². The number of hydrogen-bond acceptors (Lipinski definition) is 7. The summed E-state index contributed by atoms with van der Waals surface area (Å²) in [4.78, 5) is 39.0. The van der Waals surface area contributed by atoms with Crippen molar-refractivity contribution >= 4 is 56.6 Å². The normalized spacial score (nSPS) is 10.0. The number of nitroso groups, excluding NO2 is 1. The fourth-order valence-corrected chi connectivity index (χ4v) is 3.40. The predicted molar refractivity (Wildman–Crippen MR) is 103 cm³/mol. The molecular formula is C15H11Cl2N5O4S. The van der Waals surface area contributed by atoms with E-state index in [-0.39, 0.29) is 10.8 Å². The second-order valence-corrected chi connectivity index (χ2v) is 6.74. The zero-order valence-corrected chi connectivity index (χ0v) is 15.9. The van der Waals surface area contributed by atoms with Crippen LogP contribution in [0.2, 0.25) is 10.3 Å². The predicted octanol–water partition coefficient (Wildman–Crippen LogP) is 4.04. The van der Waals surface area contributed by atoms with Gasteiger partial charge in [-0.3, -0.25) is 0 Å². The van der Waals surface area contributed by atoms with Gasteiger partial charge in [-0.25, -0.2) is 19.6 Å². The van der Waals surface area contributed by atoms with Crippen molar-refractivity contribution in [1.29, 1.82) is 0 Å². The molecule has 9 nitrogen and oxygen atoms in total. The maximum Gasteiger partial charge on any atom is 0.337 e. The van der Waals surface area contributed by atoms with Crippen molar-refractivity contribution < 1.29 is 14.7 Å². The van der Waals surface area contributed by atoms with Gasteiger partial charge in [0.05, 0.1) is 26.9 Å². The second-order valence-electron chi connectivity index (χ2n) is 4.91. The lowest BCUT2D eigenvalue weighted by molar-refractivity contribution is 0.0699. The number of primary amides is 1. The quantitative estimate of drug-likeness (QED) is 0.367. The highest BCUT2D eigenvalue weighted by Crippen LogP contribution is 2.37. The first-order chi connectivity index (χ1) is 12.7. The van der Waals surface area contributed by atoms with Gasteiger partial charge in [0.25, 0.3) is 0 Å². The number of hydrogen-bond donors (Lipinski definition) is 2. The van der Waals surface area contributed by atoms with Crippen molar-refractivity contribution in [1.82, 2.24) is 15.0 Å². The Morgan fingerprint density at radius 1 is 1.33 bits per heavy atom. The number of urea groups is 1. The molecule has 0 radical (unpaired) electrons. The van der Waals surface area contributed by atoms with Gasteiger partial charge in [0.15, 0.2) is 0 Å². The average Bonchev–Trinajstić information content (AvgIpc) is 3.07. The zero-order chi connectivity index (χ0) is 20.1. The number of fused-ring (bicyclic) bond motifs is 1. The Morgan fingerprint density at radius 3 is 2.59 bits per heavy atom. The highest BCUT2D eigenvalue weighted by atomic mass is 35.5. The van der Waals surface area contributed by atoms with Crippen LogP contribution < -0.4 is 5.73 Å². The van der Waals surface area contributed by atoms with Gasteiger partial charge in [-0.15, -0.1) is 16.2 Å². The van der Waals surface area contributed by atoms with E-state index < -0.39 is 12.0 Å². The van der Waals surface area contributed by atoms with E-state index in [0.29, 0.717) is 21.1 Å². The third-order valence-corrected chi connectivity index (χ3v) is 4.75. The van der Waals surface area contributed by atoms with Gasteiger partial charge in [0.1, 0.15) is 5.69 Å². The van der Waals surface area contributed by atoms with Gasteiger partial charge in [-0.1, -0.05) is 17.7 Å². The first-order valence-corrected chi connectivity index (χ1v) is 8.62. The van der Waals surface area contributed by atoms with Crippen molar-refractivity contribution in [2.75, 3.05) is 7.05 Å². The maximum atomic E-state index is 11.2. The van der Waals surface area contributed by atoms with Crippen LogP contribution in [0.1, 0.15) is 10.4 Å². The van der Waals surface area contributed by atoms with Crippen LogP contribution in [0.4, 0.5) is 4.79 Å². The summed E-state index contributed by atoms with van der Waals surface area (Å²) in [7, 11) is 1.18. The van der Waals surface area contributed by atoms with Crippen molar-refractivity contribution in [2.24, 2.45) is 11.0 Å². The Balaban J connectivity index is 0.000000321. The van der Waals surface area contributed by atoms with E-state index in [1.165, 1.54) is 24.6 Å². The van der Waals surface area contributed by atoms with Gasteiger partial charge < -0.3 is 10.8 Å². The maximum absolute atomic E-state index is 11.2. The van der Waals surface area contributed by atoms with E-state index in [1.807, 2.05) is 6.07 Å². The molecule has 2 amide bonds. The molecule has 2 aromatic heterocycles. The average molecular weight is 428 g/mol. The van der Waals surface area contributed by atoms with Crippen LogP contribution in [0.25, 0.3) is 20.7 Å². The molecule has 0 atom stereocenters. The Labute approximate surface area is 166 Å². The second kappa shape index (κ2) is 8.71. The Morgan fingerprint density at radius 2 is 2.04 bits per heavy atom. The summed E-state index contributed by atoms with van der Waals surface area (Å²) in [5.74, 6) is -0.966. The Hall–Kier alpha value is -2.82. The number of carboxylic acids is 1.